The Labute approximate surface area is 142 Å². The number of carbonyl (C=O) groups is 1. The lowest BCUT2D eigenvalue weighted by atomic mass is 9.67. The van der Waals surface area contributed by atoms with Crippen molar-refractivity contribution in [1.82, 2.24) is 10.6 Å². The van der Waals surface area contributed by atoms with Gasteiger partial charge in [0.15, 0.2) is 0 Å². The highest BCUT2D eigenvalue weighted by Gasteiger charge is 2.50. The topological polar surface area (TPSA) is 41.1 Å². The van der Waals surface area contributed by atoms with Crippen LogP contribution in [0.3, 0.4) is 0 Å². The van der Waals surface area contributed by atoms with Gasteiger partial charge in [0, 0.05) is 17.2 Å². The van der Waals surface area contributed by atoms with E-state index in [0.29, 0.717) is 11.8 Å². The lowest BCUT2D eigenvalue weighted by Crippen LogP contribution is -2.48. The molecule has 0 aromatic heterocycles. The fourth-order valence-electron chi connectivity index (χ4n) is 4.27. The second-order valence-corrected chi connectivity index (χ2v) is 7.67. The minimum absolute atomic E-state index is 0. The van der Waals surface area contributed by atoms with Crippen LogP contribution in [-0.4, -0.2) is 24.7 Å². The minimum atomic E-state index is -0.138. The quantitative estimate of drug-likeness (QED) is 0.870. The molecule has 3 aliphatic rings. The third-order valence-electron chi connectivity index (χ3n) is 5.50. The Morgan fingerprint density at radius 1 is 1.32 bits per heavy atom. The predicted molar refractivity (Wildman–Crippen MR) is 92.6 cm³/mol. The summed E-state index contributed by atoms with van der Waals surface area (Å²) in [7, 11) is 0. The van der Waals surface area contributed by atoms with Crippen molar-refractivity contribution in [3.8, 4) is 0 Å². The Morgan fingerprint density at radius 3 is 3.09 bits per heavy atom. The van der Waals surface area contributed by atoms with Crippen molar-refractivity contribution in [3.63, 3.8) is 0 Å². The molecule has 5 heteroatoms. The van der Waals surface area contributed by atoms with Crippen LogP contribution in [0, 0.1) is 11.3 Å². The molecule has 1 amide bonds. The molecule has 0 radical (unpaired) electrons. The molecular weight excluding hydrogens is 316 g/mol. The standard InChI is InChI=1S/C17H22N2OS.ClH/c20-16(17-8-4-3-5-12(17)9-18-11-17)19-14-10-21-15-7-2-1-6-13(14)15;/h1-2,6-7,12,14,18H,3-5,8-11H2,(H,19,20);1H/t12-,14?,17+;/m0./s1. The molecule has 1 aromatic rings. The van der Waals surface area contributed by atoms with Crippen LogP contribution < -0.4 is 10.6 Å². The van der Waals surface area contributed by atoms with Gasteiger partial charge < -0.3 is 10.6 Å². The zero-order valence-electron chi connectivity index (χ0n) is 12.6. The lowest BCUT2D eigenvalue weighted by molar-refractivity contribution is -0.134. The molecule has 22 heavy (non-hydrogen) atoms. The van der Waals surface area contributed by atoms with Gasteiger partial charge in [-0.25, -0.2) is 0 Å². The summed E-state index contributed by atoms with van der Waals surface area (Å²) in [5.41, 5.74) is 1.16. The lowest BCUT2D eigenvalue weighted by Gasteiger charge is -2.38. The molecule has 3 nitrogen and oxygen atoms in total. The normalized spacial score (nSPS) is 32.7. The molecule has 120 valence electrons. The zero-order valence-corrected chi connectivity index (χ0v) is 14.3. The first-order valence-electron chi connectivity index (χ1n) is 8.03. The van der Waals surface area contributed by atoms with Crippen LogP contribution in [0.4, 0.5) is 0 Å². The minimum Gasteiger partial charge on any atom is -0.348 e. The van der Waals surface area contributed by atoms with Gasteiger partial charge in [-0.05, 0) is 36.9 Å². The van der Waals surface area contributed by atoms with Gasteiger partial charge in [0.2, 0.25) is 5.91 Å². The monoisotopic (exact) mass is 338 g/mol. The van der Waals surface area contributed by atoms with Crippen molar-refractivity contribution in [1.29, 1.82) is 0 Å². The summed E-state index contributed by atoms with van der Waals surface area (Å²) in [5, 5.41) is 6.83. The Morgan fingerprint density at radius 2 is 2.18 bits per heavy atom. The molecular formula is C17H23ClN2OS. The highest BCUT2D eigenvalue weighted by molar-refractivity contribution is 7.99. The van der Waals surface area contributed by atoms with Crippen LogP contribution in [0.1, 0.15) is 37.3 Å². The summed E-state index contributed by atoms with van der Waals surface area (Å²) < 4.78 is 0. The number of hydrogen-bond donors (Lipinski definition) is 2. The summed E-state index contributed by atoms with van der Waals surface area (Å²) in [5.74, 6) is 1.80. The van der Waals surface area contributed by atoms with Gasteiger partial charge in [-0.1, -0.05) is 31.0 Å². The fraction of sp³-hybridized carbons (Fsp3) is 0.588. The van der Waals surface area contributed by atoms with Gasteiger partial charge in [0.05, 0.1) is 11.5 Å². The SMILES string of the molecule is Cl.O=C(NC1CSc2ccccc21)[C@@]12CCCC[C@H]1CNC2. The van der Waals surface area contributed by atoms with Crippen LogP contribution in [0.15, 0.2) is 29.2 Å². The molecule has 2 heterocycles. The molecule has 1 aromatic carbocycles. The Hall–Kier alpha value is -0.710. The predicted octanol–water partition coefficient (Wildman–Crippen LogP) is 3.15. The van der Waals surface area contributed by atoms with Gasteiger partial charge in [-0.2, -0.15) is 0 Å². The maximum absolute atomic E-state index is 13.0. The van der Waals surface area contributed by atoms with Crippen molar-refractivity contribution in [2.75, 3.05) is 18.8 Å². The third kappa shape index (κ3) is 2.55. The molecule has 2 N–H and O–H groups in total. The van der Waals surface area contributed by atoms with E-state index in [1.54, 1.807) is 0 Å². The van der Waals surface area contributed by atoms with Crippen LogP contribution in [0.2, 0.25) is 0 Å². The van der Waals surface area contributed by atoms with E-state index in [1.165, 1.54) is 29.7 Å². The highest BCUT2D eigenvalue weighted by Crippen LogP contribution is 2.45. The summed E-state index contributed by atoms with van der Waals surface area (Å²) >= 11 is 1.86. The number of rotatable bonds is 2. The van der Waals surface area contributed by atoms with Crippen molar-refractivity contribution in [2.24, 2.45) is 11.3 Å². The maximum atomic E-state index is 13.0. The van der Waals surface area contributed by atoms with Gasteiger partial charge in [-0.3, -0.25) is 4.79 Å². The van der Waals surface area contributed by atoms with Crippen molar-refractivity contribution in [2.45, 2.75) is 36.6 Å². The van der Waals surface area contributed by atoms with E-state index in [9.17, 15) is 4.79 Å². The maximum Gasteiger partial charge on any atom is 0.228 e. The van der Waals surface area contributed by atoms with E-state index in [2.05, 4.69) is 34.9 Å². The summed E-state index contributed by atoms with van der Waals surface area (Å²) in [6.45, 7) is 1.88. The van der Waals surface area contributed by atoms with Crippen LogP contribution in [0.25, 0.3) is 0 Å². The third-order valence-corrected chi connectivity index (χ3v) is 6.68. The molecule has 1 saturated heterocycles. The number of carbonyl (C=O) groups excluding carboxylic acids is 1. The first-order chi connectivity index (χ1) is 10.3. The molecule has 3 atom stereocenters. The second-order valence-electron chi connectivity index (χ2n) is 6.60. The van der Waals surface area contributed by atoms with Crippen LogP contribution in [0.5, 0.6) is 0 Å². The molecule has 0 spiro atoms. The fourth-order valence-corrected chi connectivity index (χ4v) is 5.44. The Bertz CT molecular complexity index is 567. The van der Waals surface area contributed by atoms with Crippen molar-refractivity contribution < 1.29 is 4.79 Å². The molecule has 0 bridgehead atoms. The number of nitrogens with one attached hydrogen (secondary N) is 2. The second kappa shape index (κ2) is 6.42. The molecule has 2 fully saturated rings. The van der Waals surface area contributed by atoms with E-state index in [4.69, 9.17) is 0 Å². The first-order valence-corrected chi connectivity index (χ1v) is 9.01. The molecule has 2 aliphatic heterocycles. The Kier molecular flexibility index (Phi) is 4.72. The van der Waals surface area contributed by atoms with Gasteiger partial charge in [-0.15, -0.1) is 24.2 Å². The number of amides is 1. The summed E-state index contributed by atoms with van der Waals surface area (Å²) in [6.07, 6.45) is 4.74. The van der Waals surface area contributed by atoms with E-state index < -0.39 is 0 Å². The largest absolute Gasteiger partial charge is 0.348 e. The average Bonchev–Trinajstić information content (AvgIpc) is 3.12. The molecule has 1 saturated carbocycles. The van der Waals surface area contributed by atoms with E-state index in [0.717, 1.165) is 25.3 Å². The van der Waals surface area contributed by atoms with Gasteiger partial charge in [0.1, 0.15) is 0 Å². The number of fused-ring (bicyclic) bond motifs is 2. The van der Waals surface area contributed by atoms with E-state index >= 15 is 0 Å². The van der Waals surface area contributed by atoms with E-state index in [-0.39, 0.29) is 23.9 Å². The van der Waals surface area contributed by atoms with E-state index in [1.807, 2.05) is 11.8 Å². The van der Waals surface area contributed by atoms with Gasteiger partial charge in [0.25, 0.3) is 0 Å². The first kappa shape index (κ1) is 16.2. The van der Waals surface area contributed by atoms with Crippen molar-refractivity contribution >= 4 is 30.1 Å². The highest BCUT2D eigenvalue weighted by atomic mass is 35.5. The summed E-state index contributed by atoms with van der Waals surface area (Å²) in [6, 6.07) is 8.65. The van der Waals surface area contributed by atoms with Gasteiger partial charge >= 0.3 is 0 Å². The smallest absolute Gasteiger partial charge is 0.228 e. The Balaban J connectivity index is 0.00000144. The number of halogens is 1. The number of thioether (sulfide) groups is 1. The molecule has 1 aliphatic carbocycles. The molecule has 4 rings (SSSR count). The zero-order chi connectivity index (χ0) is 14.3. The number of benzene rings is 1. The van der Waals surface area contributed by atoms with Crippen LogP contribution in [-0.2, 0) is 4.79 Å². The average molecular weight is 339 g/mol. The van der Waals surface area contributed by atoms with Crippen molar-refractivity contribution in [3.05, 3.63) is 29.8 Å². The number of hydrogen-bond acceptors (Lipinski definition) is 3. The van der Waals surface area contributed by atoms with Crippen LogP contribution >= 0.6 is 24.2 Å². The molecule has 1 unspecified atom stereocenters. The summed E-state index contributed by atoms with van der Waals surface area (Å²) in [4.78, 5) is 14.3.